The van der Waals surface area contributed by atoms with Crippen molar-refractivity contribution in [1.82, 2.24) is 9.13 Å². The Morgan fingerprint density at radius 3 is 2.32 bits per heavy atom. The van der Waals surface area contributed by atoms with Crippen molar-refractivity contribution < 1.29 is 9.90 Å². The molecule has 0 amide bonds. The van der Waals surface area contributed by atoms with E-state index in [-0.39, 0.29) is 23.3 Å². The number of carboxylic acid groups (broad SMARTS) is 1. The van der Waals surface area contributed by atoms with Crippen molar-refractivity contribution in [3.8, 4) is 6.07 Å². The van der Waals surface area contributed by atoms with Crippen LogP contribution in [-0.2, 0) is 18.9 Å². The molecule has 0 unspecified atom stereocenters. The minimum atomic E-state index is -0.794. The zero-order valence-corrected chi connectivity index (χ0v) is 12.5. The highest BCUT2D eigenvalue weighted by Gasteiger charge is 2.27. The number of carboxylic acids is 1. The highest BCUT2D eigenvalue weighted by atomic mass is 16.4. The number of rotatable bonds is 3. The molecule has 1 aromatic heterocycles. The number of anilines is 1. The van der Waals surface area contributed by atoms with E-state index in [0.29, 0.717) is 25.7 Å². The summed E-state index contributed by atoms with van der Waals surface area (Å²) in [6.45, 7) is 0. The van der Waals surface area contributed by atoms with Gasteiger partial charge >= 0.3 is 11.7 Å². The largest absolute Gasteiger partial charge is 0.481 e. The molecule has 1 heterocycles. The van der Waals surface area contributed by atoms with Crippen LogP contribution < -0.4 is 16.6 Å². The van der Waals surface area contributed by atoms with E-state index in [1.54, 1.807) is 0 Å². The van der Waals surface area contributed by atoms with Gasteiger partial charge in [0.2, 0.25) is 0 Å². The molecule has 1 aromatic rings. The van der Waals surface area contributed by atoms with E-state index in [1.165, 1.54) is 18.7 Å². The third kappa shape index (κ3) is 2.74. The van der Waals surface area contributed by atoms with Crippen molar-refractivity contribution in [2.75, 3.05) is 5.32 Å². The highest BCUT2D eigenvalue weighted by molar-refractivity contribution is 5.70. The Morgan fingerprint density at radius 1 is 1.23 bits per heavy atom. The van der Waals surface area contributed by atoms with Crippen LogP contribution in [0.4, 0.5) is 5.82 Å². The Bertz CT molecular complexity index is 748. The Labute approximate surface area is 126 Å². The molecule has 2 N–H and O–H groups in total. The normalized spacial score (nSPS) is 21.1. The fourth-order valence-electron chi connectivity index (χ4n) is 2.79. The molecule has 0 radical (unpaired) electrons. The van der Waals surface area contributed by atoms with Gasteiger partial charge in [-0.1, -0.05) is 0 Å². The van der Waals surface area contributed by atoms with E-state index in [4.69, 9.17) is 5.11 Å². The molecule has 0 aromatic carbocycles. The van der Waals surface area contributed by atoms with Crippen LogP contribution in [0.1, 0.15) is 31.2 Å². The molecule has 1 fully saturated rings. The summed E-state index contributed by atoms with van der Waals surface area (Å²) in [6.07, 6.45) is 2.30. The molecule has 0 aliphatic heterocycles. The van der Waals surface area contributed by atoms with Gasteiger partial charge in [0.05, 0.1) is 5.92 Å². The maximum atomic E-state index is 12.0. The third-order valence-corrected chi connectivity index (χ3v) is 4.19. The van der Waals surface area contributed by atoms with Crippen LogP contribution in [0.25, 0.3) is 0 Å². The second-order valence-corrected chi connectivity index (χ2v) is 5.57. The molecule has 8 nitrogen and oxygen atoms in total. The van der Waals surface area contributed by atoms with Gasteiger partial charge in [0.25, 0.3) is 5.56 Å². The van der Waals surface area contributed by atoms with Gasteiger partial charge in [0, 0.05) is 20.1 Å². The van der Waals surface area contributed by atoms with Gasteiger partial charge in [0.1, 0.15) is 11.9 Å². The van der Waals surface area contributed by atoms with Crippen molar-refractivity contribution in [3.63, 3.8) is 0 Å². The summed E-state index contributed by atoms with van der Waals surface area (Å²) < 4.78 is 2.13. The summed E-state index contributed by atoms with van der Waals surface area (Å²) in [5.74, 6) is -0.938. The van der Waals surface area contributed by atoms with E-state index in [1.807, 2.05) is 6.07 Å². The number of hydrogen-bond acceptors (Lipinski definition) is 5. The summed E-state index contributed by atoms with van der Waals surface area (Å²) in [7, 11) is 2.82. The molecule has 0 saturated heterocycles. The molecule has 1 aliphatic rings. The van der Waals surface area contributed by atoms with Gasteiger partial charge in [-0.25, -0.2) is 4.79 Å². The lowest BCUT2D eigenvalue weighted by molar-refractivity contribution is -0.142. The number of nitrogens with one attached hydrogen (secondary N) is 1. The van der Waals surface area contributed by atoms with Crippen molar-refractivity contribution >= 4 is 11.8 Å². The van der Waals surface area contributed by atoms with Gasteiger partial charge in [-0.05, 0) is 25.7 Å². The molecular formula is C14H18N4O4. The third-order valence-electron chi connectivity index (χ3n) is 4.19. The number of aliphatic carboxylic acids is 1. The minimum absolute atomic E-state index is 0.0552. The summed E-state index contributed by atoms with van der Waals surface area (Å²) >= 11 is 0. The number of carbonyl (C=O) groups is 1. The Morgan fingerprint density at radius 2 is 1.82 bits per heavy atom. The number of hydrogen-bond donors (Lipinski definition) is 2. The molecule has 118 valence electrons. The molecule has 0 atom stereocenters. The first-order valence-corrected chi connectivity index (χ1v) is 7.06. The van der Waals surface area contributed by atoms with Gasteiger partial charge < -0.3 is 10.4 Å². The number of nitrogens with zero attached hydrogens (tertiary/aromatic N) is 3. The lowest BCUT2D eigenvalue weighted by Crippen LogP contribution is -2.41. The first kappa shape index (κ1) is 15.8. The van der Waals surface area contributed by atoms with Crippen LogP contribution in [0.15, 0.2) is 9.59 Å². The predicted octanol–water partition coefficient (Wildman–Crippen LogP) is 0.0110. The average Bonchev–Trinajstić information content (AvgIpc) is 2.51. The second-order valence-electron chi connectivity index (χ2n) is 5.57. The zero-order chi connectivity index (χ0) is 16.4. The van der Waals surface area contributed by atoms with E-state index < -0.39 is 17.2 Å². The molecule has 8 heteroatoms. The standard InChI is InChI=1S/C14H18N4O4/c1-17-11(10(7-15)12(19)18(2)14(17)22)16-9-5-3-8(4-6-9)13(20)21/h8-9,16H,3-6H2,1-2H3,(H,20,21). The molecule has 1 saturated carbocycles. The SMILES string of the molecule is Cn1c(NC2CCC(C(=O)O)CC2)c(C#N)c(=O)n(C)c1=O. The van der Waals surface area contributed by atoms with Crippen molar-refractivity contribution in [1.29, 1.82) is 5.26 Å². The lowest BCUT2D eigenvalue weighted by atomic mass is 9.86. The van der Waals surface area contributed by atoms with Crippen LogP contribution in [0.3, 0.4) is 0 Å². The molecule has 0 bridgehead atoms. The van der Waals surface area contributed by atoms with Gasteiger partial charge in [0.15, 0.2) is 5.56 Å². The van der Waals surface area contributed by atoms with Gasteiger partial charge in [-0.3, -0.25) is 18.7 Å². The molecule has 22 heavy (non-hydrogen) atoms. The average molecular weight is 306 g/mol. The van der Waals surface area contributed by atoms with Crippen LogP contribution in [0.2, 0.25) is 0 Å². The molecule has 0 spiro atoms. The Kier molecular flexibility index (Phi) is 4.35. The molecular weight excluding hydrogens is 288 g/mol. The second kappa shape index (κ2) is 6.05. The lowest BCUT2D eigenvalue weighted by Gasteiger charge is -2.28. The van der Waals surface area contributed by atoms with Crippen LogP contribution in [-0.4, -0.2) is 26.3 Å². The van der Waals surface area contributed by atoms with E-state index >= 15 is 0 Å². The van der Waals surface area contributed by atoms with Crippen LogP contribution >= 0.6 is 0 Å². The fourth-order valence-corrected chi connectivity index (χ4v) is 2.79. The summed E-state index contributed by atoms with van der Waals surface area (Å²) in [4.78, 5) is 34.9. The van der Waals surface area contributed by atoms with E-state index in [0.717, 1.165) is 4.57 Å². The van der Waals surface area contributed by atoms with Gasteiger partial charge in [-0.2, -0.15) is 5.26 Å². The maximum absolute atomic E-state index is 12.0. The summed E-state index contributed by atoms with van der Waals surface area (Å²) in [6, 6.07) is 1.78. The first-order chi connectivity index (χ1) is 10.4. The Balaban J connectivity index is 2.28. The summed E-state index contributed by atoms with van der Waals surface area (Å²) in [5.41, 5.74) is -1.25. The van der Waals surface area contributed by atoms with Gasteiger partial charge in [-0.15, -0.1) is 0 Å². The van der Waals surface area contributed by atoms with E-state index in [9.17, 15) is 19.6 Å². The summed E-state index contributed by atoms with van der Waals surface area (Å²) in [5, 5.41) is 21.2. The van der Waals surface area contributed by atoms with E-state index in [2.05, 4.69) is 5.32 Å². The maximum Gasteiger partial charge on any atom is 0.332 e. The van der Waals surface area contributed by atoms with Crippen molar-refractivity contribution in [2.24, 2.45) is 20.0 Å². The topological polar surface area (TPSA) is 117 Å². The first-order valence-electron chi connectivity index (χ1n) is 7.06. The predicted molar refractivity (Wildman–Crippen MR) is 78.6 cm³/mol. The molecule has 1 aliphatic carbocycles. The number of nitriles is 1. The zero-order valence-electron chi connectivity index (χ0n) is 12.5. The van der Waals surface area contributed by atoms with Crippen molar-refractivity contribution in [3.05, 3.63) is 26.4 Å². The van der Waals surface area contributed by atoms with Crippen molar-refractivity contribution in [2.45, 2.75) is 31.7 Å². The monoisotopic (exact) mass is 306 g/mol. The highest BCUT2D eigenvalue weighted by Crippen LogP contribution is 2.26. The fraction of sp³-hybridized carbons (Fsp3) is 0.571. The minimum Gasteiger partial charge on any atom is -0.481 e. The van der Waals surface area contributed by atoms with Crippen LogP contribution in [0.5, 0.6) is 0 Å². The molecule has 2 rings (SSSR count). The Hall–Kier alpha value is -2.56. The van der Waals surface area contributed by atoms with Crippen LogP contribution in [0, 0.1) is 17.2 Å². The number of aromatic nitrogens is 2. The quantitative estimate of drug-likeness (QED) is 0.812. The smallest absolute Gasteiger partial charge is 0.332 e.